The lowest BCUT2D eigenvalue weighted by molar-refractivity contribution is -0.139. The number of amides is 3. The third-order valence-electron chi connectivity index (χ3n) is 8.31. The van der Waals surface area contributed by atoms with Crippen LogP contribution in [0.2, 0.25) is 10.0 Å². The number of hydrogen-bond acceptors (Lipinski definition) is 3. The second-order valence-corrected chi connectivity index (χ2v) is 12.0. The highest BCUT2D eigenvalue weighted by atomic mass is 35.5. The number of rotatable bonds is 11. The van der Waals surface area contributed by atoms with Gasteiger partial charge in [-0.1, -0.05) is 79.2 Å². The molecule has 3 N–H and O–H groups in total. The zero-order valence-corrected chi connectivity index (χ0v) is 24.4. The maximum absolute atomic E-state index is 13.7. The van der Waals surface area contributed by atoms with Crippen LogP contribution < -0.4 is 11.1 Å². The van der Waals surface area contributed by atoms with Crippen molar-refractivity contribution in [3.05, 3.63) is 70.7 Å². The molecule has 0 radical (unpaired) electrons. The molecule has 6 nitrogen and oxygen atoms in total. The number of nitrogens with zero attached hydrogens (tertiary/aromatic N) is 1. The van der Waals surface area contributed by atoms with Crippen molar-refractivity contribution < 1.29 is 14.4 Å². The molecule has 2 aromatic carbocycles. The van der Waals surface area contributed by atoms with Crippen LogP contribution in [0.5, 0.6) is 0 Å². The van der Waals surface area contributed by atoms with Gasteiger partial charge < -0.3 is 16.0 Å². The van der Waals surface area contributed by atoms with Crippen molar-refractivity contribution in [3.8, 4) is 11.1 Å². The summed E-state index contributed by atoms with van der Waals surface area (Å²) in [5.41, 5.74) is 8.54. The molecule has 4 rings (SSSR count). The summed E-state index contributed by atoms with van der Waals surface area (Å²) in [7, 11) is 0. The highest BCUT2D eigenvalue weighted by Crippen LogP contribution is 2.35. The summed E-state index contributed by atoms with van der Waals surface area (Å²) in [6.07, 6.45) is 9.25. The number of carbonyl (C=O) groups excluding carboxylic acids is 3. The first kappa shape index (κ1) is 30.1. The zero-order valence-electron chi connectivity index (χ0n) is 22.9. The molecular weight excluding hydrogens is 545 g/mol. The molecule has 40 heavy (non-hydrogen) atoms. The number of nitrogens with two attached hydrogens (primary N) is 1. The van der Waals surface area contributed by atoms with Crippen LogP contribution in [-0.2, 0) is 20.9 Å². The van der Waals surface area contributed by atoms with Crippen LogP contribution in [0.4, 0.5) is 0 Å². The number of allylic oxidation sites excluding steroid dienone is 1. The van der Waals surface area contributed by atoms with Crippen LogP contribution in [0.3, 0.4) is 0 Å². The van der Waals surface area contributed by atoms with Crippen molar-refractivity contribution in [1.82, 2.24) is 10.2 Å². The van der Waals surface area contributed by atoms with Gasteiger partial charge in [-0.25, -0.2) is 0 Å². The quantitative estimate of drug-likeness (QED) is 0.294. The van der Waals surface area contributed by atoms with Gasteiger partial charge in [0.05, 0.1) is 11.8 Å². The molecular formula is C32H39Cl2N3O3. The van der Waals surface area contributed by atoms with Crippen LogP contribution in [-0.4, -0.2) is 35.2 Å². The van der Waals surface area contributed by atoms with Crippen LogP contribution in [0.25, 0.3) is 11.1 Å². The summed E-state index contributed by atoms with van der Waals surface area (Å²) in [6, 6.07) is 12.7. The topological polar surface area (TPSA) is 92.5 Å². The summed E-state index contributed by atoms with van der Waals surface area (Å²) in [5, 5.41) is 4.18. The number of carbonyl (C=O) groups is 3. The molecule has 2 unspecified atom stereocenters. The number of primary amides is 1. The summed E-state index contributed by atoms with van der Waals surface area (Å²) in [4.78, 5) is 41.5. The summed E-state index contributed by atoms with van der Waals surface area (Å²) < 4.78 is 0. The van der Waals surface area contributed by atoms with Crippen molar-refractivity contribution >= 4 is 40.9 Å². The van der Waals surface area contributed by atoms with E-state index in [9.17, 15) is 14.4 Å². The van der Waals surface area contributed by atoms with Gasteiger partial charge in [0.2, 0.25) is 17.7 Å². The average Bonchev–Trinajstić information content (AvgIpc) is 3.38. The van der Waals surface area contributed by atoms with Crippen molar-refractivity contribution in [2.24, 2.45) is 23.5 Å². The highest BCUT2D eigenvalue weighted by molar-refractivity contribution is 6.36. The average molecular weight is 585 g/mol. The van der Waals surface area contributed by atoms with Gasteiger partial charge >= 0.3 is 0 Å². The van der Waals surface area contributed by atoms with E-state index in [1.165, 1.54) is 0 Å². The molecule has 214 valence electrons. The minimum atomic E-state index is -0.632. The van der Waals surface area contributed by atoms with Gasteiger partial charge in [0.1, 0.15) is 6.04 Å². The lowest BCUT2D eigenvalue weighted by atomic mass is 9.80. The molecule has 1 aliphatic heterocycles. The number of benzene rings is 2. The number of nitrogens with one attached hydrogen (secondary N) is 1. The van der Waals surface area contributed by atoms with Crippen molar-refractivity contribution in [2.45, 2.75) is 70.4 Å². The van der Waals surface area contributed by atoms with E-state index in [-0.39, 0.29) is 11.8 Å². The van der Waals surface area contributed by atoms with E-state index < -0.39 is 23.8 Å². The molecule has 1 saturated carbocycles. The number of hydrogen-bond donors (Lipinski definition) is 2. The molecule has 3 atom stereocenters. The molecule has 2 fully saturated rings. The van der Waals surface area contributed by atoms with Gasteiger partial charge in [-0.05, 0) is 67.3 Å². The third-order valence-corrected chi connectivity index (χ3v) is 8.86. The number of halogens is 2. The fourth-order valence-electron chi connectivity index (χ4n) is 6.17. The Bertz CT molecular complexity index is 1230. The molecule has 8 heteroatoms. The Morgan fingerprint density at radius 3 is 2.50 bits per heavy atom. The molecule has 2 aromatic rings. The maximum Gasteiger partial charge on any atom is 0.245 e. The van der Waals surface area contributed by atoms with Crippen molar-refractivity contribution in [3.63, 3.8) is 0 Å². The molecule has 0 aromatic heterocycles. The Balaban J connectivity index is 1.49. The fourth-order valence-corrected chi connectivity index (χ4v) is 6.69. The SMILES string of the molecule is C=CCC(C(N)=O)C(CC1CCCC1)C(=O)N[C@H]1CCCCN(Cc2cccc(-c3ccc(Cl)cc3Cl)c2)C1=O. The lowest BCUT2D eigenvalue weighted by Crippen LogP contribution is -2.50. The first-order valence-corrected chi connectivity index (χ1v) is 15.1. The summed E-state index contributed by atoms with van der Waals surface area (Å²) in [5.74, 6) is -1.64. The summed E-state index contributed by atoms with van der Waals surface area (Å²) >= 11 is 12.5. The fraction of sp³-hybridized carbons (Fsp3) is 0.469. The van der Waals surface area contributed by atoms with Gasteiger partial charge in [-0.2, -0.15) is 0 Å². The van der Waals surface area contributed by atoms with E-state index in [2.05, 4.69) is 11.9 Å². The van der Waals surface area contributed by atoms with Gasteiger partial charge in [0.25, 0.3) is 0 Å². The smallest absolute Gasteiger partial charge is 0.245 e. The van der Waals surface area contributed by atoms with Gasteiger partial charge in [-0.3, -0.25) is 14.4 Å². The zero-order chi connectivity index (χ0) is 28.6. The second kappa shape index (κ2) is 14.2. The highest BCUT2D eigenvalue weighted by Gasteiger charge is 2.37. The lowest BCUT2D eigenvalue weighted by Gasteiger charge is -2.29. The van der Waals surface area contributed by atoms with Crippen LogP contribution in [0, 0.1) is 17.8 Å². The molecule has 1 aliphatic carbocycles. The minimum absolute atomic E-state index is 0.0975. The molecule has 3 amide bonds. The van der Waals surface area contributed by atoms with E-state index in [0.717, 1.165) is 55.2 Å². The Kier molecular flexibility index (Phi) is 10.7. The summed E-state index contributed by atoms with van der Waals surface area (Å²) in [6.45, 7) is 4.81. The maximum atomic E-state index is 13.7. The van der Waals surface area contributed by atoms with Crippen LogP contribution in [0.1, 0.15) is 63.4 Å². The van der Waals surface area contributed by atoms with Gasteiger partial charge in [-0.15, -0.1) is 6.58 Å². The van der Waals surface area contributed by atoms with E-state index in [0.29, 0.717) is 48.3 Å². The third kappa shape index (κ3) is 7.67. The van der Waals surface area contributed by atoms with Crippen LogP contribution in [0.15, 0.2) is 55.1 Å². The Hall–Kier alpha value is -2.83. The normalized spacial score (nSPS) is 19.6. The van der Waals surface area contributed by atoms with E-state index >= 15 is 0 Å². The first-order valence-electron chi connectivity index (χ1n) is 14.3. The minimum Gasteiger partial charge on any atom is -0.369 e. The van der Waals surface area contributed by atoms with E-state index in [1.54, 1.807) is 18.2 Å². The Morgan fingerprint density at radius 1 is 1.05 bits per heavy atom. The molecule has 2 aliphatic rings. The largest absolute Gasteiger partial charge is 0.369 e. The molecule has 1 heterocycles. The molecule has 0 spiro atoms. The predicted octanol–water partition coefficient (Wildman–Crippen LogP) is 6.53. The number of likely N-dealkylation sites (tertiary alicyclic amines) is 1. The van der Waals surface area contributed by atoms with Crippen LogP contribution >= 0.6 is 23.2 Å². The van der Waals surface area contributed by atoms with Gasteiger partial charge in [0.15, 0.2) is 0 Å². The standard InChI is InChI=1S/C32H39Cl2N3O3/c1-2-8-26(30(35)38)27(18-21-9-3-4-10-21)31(39)36-29-13-5-6-16-37(32(29)40)20-22-11-7-12-23(17-22)25-15-14-24(33)19-28(25)34/h2,7,11-12,14-15,17,19,21,26-27,29H,1,3-6,8-10,13,16,18,20H2,(H2,35,38)(H,36,39)/t26?,27?,29-/m0/s1. The van der Waals surface area contributed by atoms with Crippen molar-refractivity contribution in [2.75, 3.05) is 6.54 Å². The Morgan fingerprint density at radius 2 is 1.80 bits per heavy atom. The molecule has 0 bridgehead atoms. The second-order valence-electron chi connectivity index (χ2n) is 11.2. The van der Waals surface area contributed by atoms with E-state index in [4.69, 9.17) is 28.9 Å². The monoisotopic (exact) mass is 583 g/mol. The molecule has 1 saturated heterocycles. The van der Waals surface area contributed by atoms with Crippen molar-refractivity contribution in [1.29, 1.82) is 0 Å². The first-order chi connectivity index (χ1) is 19.3. The predicted molar refractivity (Wildman–Crippen MR) is 161 cm³/mol. The van der Waals surface area contributed by atoms with E-state index in [1.807, 2.05) is 35.2 Å². The van der Waals surface area contributed by atoms with Gasteiger partial charge in [0, 0.05) is 28.7 Å². The Labute approximate surface area is 247 Å².